The predicted octanol–water partition coefficient (Wildman–Crippen LogP) is 3.55. The van der Waals surface area contributed by atoms with Crippen molar-refractivity contribution in [3.05, 3.63) is 35.9 Å². The fourth-order valence-electron chi connectivity index (χ4n) is 2.51. The van der Waals surface area contributed by atoms with Crippen molar-refractivity contribution in [3.8, 4) is 0 Å². The Hall–Kier alpha value is -2.37. The lowest BCUT2D eigenvalue weighted by atomic mass is 10.1. The van der Waals surface area contributed by atoms with E-state index in [0.717, 1.165) is 12.0 Å². The van der Waals surface area contributed by atoms with Gasteiger partial charge in [-0.3, -0.25) is 9.59 Å². The smallest absolute Gasteiger partial charge is 0.407 e. The van der Waals surface area contributed by atoms with Crippen LogP contribution in [-0.2, 0) is 20.9 Å². The van der Waals surface area contributed by atoms with Gasteiger partial charge >= 0.3 is 6.09 Å². The molecule has 2 rings (SSSR count). The molecule has 6 nitrogen and oxygen atoms in total. The molecule has 0 saturated carbocycles. The minimum absolute atomic E-state index is 0.0162. The van der Waals surface area contributed by atoms with Crippen LogP contribution in [-0.4, -0.2) is 41.8 Å². The highest BCUT2D eigenvalue weighted by molar-refractivity contribution is 5.89. The highest BCUT2D eigenvalue weighted by atomic mass is 16.5. The van der Waals surface area contributed by atoms with Gasteiger partial charge in [-0.15, -0.1) is 0 Å². The van der Waals surface area contributed by atoms with Crippen molar-refractivity contribution >= 4 is 17.8 Å². The van der Waals surface area contributed by atoms with Crippen LogP contribution in [0.3, 0.4) is 0 Å². The maximum Gasteiger partial charge on any atom is 0.407 e. The first-order valence-corrected chi connectivity index (χ1v) is 9.32. The third-order valence-electron chi connectivity index (χ3n) is 3.64. The first-order chi connectivity index (χ1) is 12.6. The molecule has 1 aromatic rings. The first kappa shape index (κ1) is 23.6. The lowest BCUT2D eigenvalue weighted by molar-refractivity contribution is -0.136. The number of amides is 2. The van der Waals surface area contributed by atoms with Crippen LogP contribution in [0, 0.1) is 0 Å². The fourth-order valence-corrected chi connectivity index (χ4v) is 2.51. The molecule has 146 valence electrons. The average molecular weight is 364 g/mol. The Labute approximate surface area is 156 Å². The Morgan fingerprint density at radius 1 is 1.12 bits per heavy atom. The molecule has 1 aliphatic rings. The molecule has 1 fully saturated rings. The zero-order valence-corrected chi connectivity index (χ0v) is 16.6. The van der Waals surface area contributed by atoms with E-state index >= 15 is 0 Å². The molecule has 1 aliphatic heterocycles. The van der Waals surface area contributed by atoms with E-state index in [0.29, 0.717) is 13.0 Å². The molecule has 0 aromatic heterocycles. The van der Waals surface area contributed by atoms with Crippen molar-refractivity contribution in [3.63, 3.8) is 0 Å². The summed E-state index contributed by atoms with van der Waals surface area (Å²) in [6.07, 6.45) is 0.865. The number of rotatable bonds is 5. The molecular formula is C20H32N2O4. The Kier molecular flexibility index (Phi) is 12.6. The normalized spacial score (nSPS) is 15.0. The van der Waals surface area contributed by atoms with Crippen LogP contribution >= 0.6 is 0 Å². The standard InChI is InChI=1S/C16H20N2O4.2C2H6/c1-12(19)14-8-5-9-18(14)15(20)10-17-16(21)22-11-13-6-3-2-4-7-13;2*1-2/h2-4,6-7,14H,5,8-11H2,1H3,(H,17,21);2*1-2H3. The third kappa shape index (κ3) is 8.14. The van der Waals surface area contributed by atoms with E-state index in [2.05, 4.69) is 5.32 Å². The number of benzene rings is 1. The van der Waals surface area contributed by atoms with Gasteiger partial charge in [-0.25, -0.2) is 4.79 Å². The van der Waals surface area contributed by atoms with Crippen molar-refractivity contribution in [1.29, 1.82) is 0 Å². The molecule has 0 radical (unpaired) electrons. The number of carbonyl (C=O) groups excluding carboxylic acids is 3. The van der Waals surface area contributed by atoms with Gasteiger partial charge in [-0.05, 0) is 25.3 Å². The Balaban J connectivity index is 0.00000146. The summed E-state index contributed by atoms with van der Waals surface area (Å²) >= 11 is 0. The minimum atomic E-state index is -0.643. The van der Waals surface area contributed by atoms with Crippen LogP contribution in [0.4, 0.5) is 4.79 Å². The molecule has 1 aromatic carbocycles. The molecule has 1 heterocycles. The number of hydrogen-bond acceptors (Lipinski definition) is 4. The summed E-state index contributed by atoms with van der Waals surface area (Å²) in [5, 5.41) is 2.43. The first-order valence-electron chi connectivity index (χ1n) is 9.32. The zero-order chi connectivity index (χ0) is 19.9. The molecule has 26 heavy (non-hydrogen) atoms. The van der Waals surface area contributed by atoms with Crippen LogP contribution in [0.5, 0.6) is 0 Å². The summed E-state index contributed by atoms with van der Waals surface area (Å²) in [6.45, 7) is 10.0. The van der Waals surface area contributed by atoms with Crippen LogP contribution < -0.4 is 5.32 Å². The number of alkyl carbamates (subject to hydrolysis) is 1. The number of likely N-dealkylation sites (tertiary alicyclic amines) is 1. The highest BCUT2D eigenvalue weighted by Gasteiger charge is 2.31. The Morgan fingerprint density at radius 3 is 2.31 bits per heavy atom. The van der Waals surface area contributed by atoms with Gasteiger partial charge in [0.05, 0.1) is 6.04 Å². The van der Waals surface area contributed by atoms with E-state index in [1.165, 1.54) is 11.8 Å². The second-order valence-electron chi connectivity index (χ2n) is 5.27. The van der Waals surface area contributed by atoms with Gasteiger partial charge in [-0.1, -0.05) is 58.0 Å². The molecular weight excluding hydrogens is 332 g/mol. The second kappa shape index (κ2) is 13.9. The Bertz CT molecular complexity index is 546. The van der Waals surface area contributed by atoms with Gasteiger partial charge in [0.1, 0.15) is 13.2 Å². The van der Waals surface area contributed by atoms with E-state index in [4.69, 9.17) is 4.74 Å². The number of nitrogens with zero attached hydrogens (tertiary/aromatic N) is 1. The van der Waals surface area contributed by atoms with Gasteiger partial charge < -0.3 is 15.0 Å². The van der Waals surface area contributed by atoms with Crippen molar-refractivity contribution < 1.29 is 19.1 Å². The molecule has 0 spiro atoms. The fraction of sp³-hybridized carbons (Fsp3) is 0.550. The summed E-state index contributed by atoms with van der Waals surface area (Å²) in [5.74, 6) is -0.271. The molecule has 1 atom stereocenters. The number of ketones is 1. The van der Waals surface area contributed by atoms with Gasteiger partial charge in [-0.2, -0.15) is 0 Å². The van der Waals surface area contributed by atoms with Crippen LogP contribution in [0.15, 0.2) is 30.3 Å². The van der Waals surface area contributed by atoms with Gasteiger partial charge in [0, 0.05) is 6.54 Å². The summed E-state index contributed by atoms with van der Waals surface area (Å²) in [5.41, 5.74) is 0.875. The summed E-state index contributed by atoms with van der Waals surface area (Å²) in [6, 6.07) is 8.93. The average Bonchev–Trinajstić information content (AvgIpc) is 3.19. The minimum Gasteiger partial charge on any atom is -0.445 e. The highest BCUT2D eigenvalue weighted by Crippen LogP contribution is 2.17. The SMILES string of the molecule is CC.CC.CC(=O)C1CCCN1C(=O)CNC(=O)OCc1ccccc1. The summed E-state index contributed by atoms with van der Waals surface area (Å²) in [4.78, 5) is 36.6. The van der Waals surface area contributed by atoms with E-state index < -0.39 is 6.09 Å². The van der Waals surface area contributed by atoms with Crippen LogP contribution in [0.25, 0.3) is 0 Å². The number of carbonyl (C=O) groups is 3. The number of hydrogen-bond donors (Lipinski definition) is 1. The van der Waals surface area contributed by atoms with E-state index in [1.807, 2.05) is 58.0 Å². The molecule has 0 aliphatic carbocycles. The zero-order valence-electron chi connectivity index (χ0n) is 16.6. The lowest BCUT2D eigenvalue weighted by Crippen LogP contribution is -2.45. The lowest BCUT2D eigenvalue weighted by Gasteiger charge is -2.22. The topological polar surface area (TPSA) is 75.7 Å². The maximum atomic E-state index is 12.0. The molecule has 2 amide bonds. The van der Waals surface area contributed by atoms with E-state index in [1.54, 1.807) is 0 Å². The molecule has 6 heteroatoms. The largest absolute Gasteiger partial charge is 0.445 e. The van der Waals surface area contributed by atoms with Crippen molar-refractivity contribution in [2.45, 2.75) is 60.1 Å². The predicted molar refractivity (Wildman–Crippen MR) is 103 cm³/mol. The monoisotopic (exact) mass is 364 g/mol. The van der Waals surface area contributed by atoms with Gasteiger partial charge in [0.15, 0.2) is 5.78 Å². The van der Waals surface area contributed by atoms with Crippen molar-refractivity contribution in [1.82, 2.24) is 10.2 Å². The third-order valence-corrected chi connectivity index (χ3v) is 3.64. The van der Waals surface area contributed by atoms with E-state index in [-0.39, 0.29) is 30.9 Å². The summed E-state index contributed by atoms with van der Waals surface area (Å²) < 4.78 is 5.03. The number of Topliss-reactive ketones (excluding diaryl/α,β-unsaturated/α-hetero) is 1. The second-order valence-corrected chi connectivity index (χ2v) is 5.27. The van der Waals surface area contributed by atoms with Crippen molar-refractivity contribution in [2.75, 3.05) is 13.1 Å². The summed E-state index contributed by atoms with van der Waals surface area (Å²) in [7, 11) is 0. The quantitative estimate of drug-likeness (QED) is 0.867. The number of ether oxygens (including phenoxy) is 1. The van der Waals surface area contributed by atoms with Crippen molar-refractivity contribution in [2.24, 2.45) is 0 Å². The van der Waals surface area contributed by atoms with Gasteiger partial charge in [0.25, 0.3) is 0 Å². The maximum absolute atomic E-state index is 12.0. The molecule has 1 unspecified atom stereocenters. The van der Waals surface area contributed by atoms with E-state index in [9.17, 15) is 14.4 Å². The molecule has 1 saturated heterocycles. The molecule has 1 N–H and O–H groups in total. The number of nitrogens with one attached hydrogen (secondary N) is 1. The molecule has 0 bridgehead atoms. The Morgan fingerprint density at radius 2 is 1.73 bits per heavy atom. The van der Waals surface area contributed by atoms with Gasteiger partial charge in [0.2, 0.25) is 5.91 Å². The van der Waals surface area contributed by atoms with Crippen LogP contribution in [0.2, 0.25) is 0 Å². The van der Waals surface area contributed by atoms with Crippen LogP contribution in [0.1, 0.15) is 53.0 Å².